The summed E-state index contributed by atoms with van der Waals surface area (Å²) >= 11 is 0. The molecule has 0 amide bonds. The van der Waals surface area contributed by atoms with Crippen LogP contribution >= 0.6 is 0 Å². The van der Waals surface area contributed by atoms with E-state index in [9.17, 15) is 18.0 Å². The molecule has 1 atom stereocenters. The summed E-state index contributed by atoms with van der Waals surface area (Å²) in [5, 5.41) is 8.67. The van der Waals surface area contributed by atoms with E-state index in [1.54, 1.807) is 6.92 Å². The molecule has 0 aliphatic heterocycles. The molecule has 1 rings (SSSR count). The molecule has 106 valence electrons. The van der Waals surface area contributed by atoms with Crippen LogP contribution in [0.4, 0.5) is 13.2 Å². The Kier molecular flexibility index (Phi) is 4.77. The van der Waals surface area contributed by atoms with Gasteiger partial charge in [-0.3, -0.25) is 4.79 Å². The predicted octanol–water partition coefficient (Wildman–Crippen LogP) is 2.06. The normalized spacial score (nSPS) is 13.1. The molecular formula is C12H14F3NO3. The zero-order valence-corrected chi connectivity index (χ0v) is 10.2. The van der Waals surface area contributed by atoms with E-state index in [1.165, 1.54) is 12.1 Å². The lowest BCUT2D eigenvalue weighted by atomic mass is 10.00. The third-order valence-electron chi connectivity index (χ3n) is 2.45. The van der Waals surface area contributed by atoms with E-state index in [0.717, 1.165) is 6.07 Å². The second-order valence-corrected chi connectivity index (χ2v) is 3.90. The lowest BCUT2D eigenvalue weighted by Crippen LogP contribution is -2.33. The first-order valence-corrected chi connectivity index (χ1v) is 5.57. The number of benzene rings is 1. The molecule has 0 heterocycles. The standard InChI is InChI=1S/C12H14F3NO3/c1-2-19-8-3-4-9(12(13,14)15)7(5-8)6-10(16)11(17)18/h3-5,10H,2,6,16H2,1H3,(H,17,18)/t10-/m0/s1. The molecule has 4 nitrogen and oxygen atoms in total. The van der Waals surface area contributed by atoms with Crippen LogP contribution in [0.25, 0.3) is 0 Å². The Bertz CT molecular complexity index is 460. The van der Waals surface area contributed by atoms with Crippen molar-refractivity contribution < 1.29 is 27.8 Å². The van der Waals surface area contributed by atoms with Crippen LogP contribution in [0.2, 0.25) is 0 Å². The van der Waals surface area contributed by atoms with Crippen molar-refractivity contribution in [2.24, 2.45) is 5.73 Å². The Labute approximate surface area is 108 Å². The maximum atomic E-state index is 12.8. The highest BCUT2D eigenvalue weighted by Gasteiger charge is 2.34. The van der Waals surface area contributed by atoms with E-state index in [0.29, 0.717) is 6.61 Å². The number of hydrogen-bond donors (Lipinski definition) is 2. The van der Waals surface area contributed by atoms with Gasteiger partial charge in [-0.25, -0.2) is 0 Å². The quantitative estimate of drug-likeness (QED) is 0.864. The Morgan fingerprint density at radius 2 is 2.11 bits per heavy atom. The summed E-state index contributed by atoms with van der Waals surface area (Å²) in [6.07, 6.45) is -4.97. The number of alkyl halides is 3. The van der Waals surface area contributed by atoms with Gasteiger partial charge in [-0.1, -0.05) is 0 Å². The minimum atomic E-state index is -4.56. The molecule has 0 aliphatic rings. The van der Waals surface area contributed by atoms with Gasteiger partial charge in [0, 0.05) is 0 Å². The highest BCUT2D eigenvalue weighted by molar-refractivity contribution is 5.73. The fourth-order valence-electron chi connectivity index (χ4n) is 1.60. The fourth-order valence-corrected chi connectivity index (χ4v) is 1.60. The molecule has 3 N–H and O–H groups in total. The van der Waals surface area contributed by atoms with Crippen LogP contribution in [0.1, 0.15) is 18.1 Å². The minimum Gasteiger partial charge on any atom is -0.494 e. The molecule has 0 fully saturated rings. The average molecular weight is 277 g/mol. The Morgan fingerprint density at radius 3 is 2.58 bits per heavy atom. The molecule has 19 heavy (non-hydrogen) atoms. The molecule has 1 aromatic carbocycles. The van der Waals surface area contributed by atoms with Gasteiger partial charge in [-0.15, -0.1) is 0 Å². The molecule has 0 saturated heterocycles. The van der Waals surface area contributed by atoms with Crippen molar-refractivity contribution in [3.63, 3.8) is 0 Å². The molecular weight excluding hydrogens is 263 g/mol. The van der Waals surface area contributed by atoms with Crippen LogP contribution in [-0.4, -0.2) is 23.7 Å². The summed E-state index contributed by atoms with van der Waals surface area (Å²) in [4.78, 5) is 10.6. The van der Waals surface area contributed by atoms with Gasteiger partial charge >= 0.3 is 12.1 Å². The summed E-state index contributed by atoms with van der Waals surface area (Å²) in [5.41, 5.74) is 4.19. The Morgan fingerprint density at radius 1 is 1.47 bits per heavy atom. The number of aliphatic carboxylic acids is 1. The molecule has 0 spiro atoms. The second-order valence-electron chi connectivity index (χ2n) is 3.90. The largest absolute Gasteiger partial charge is 0.494 e. The van der Waals surface area contributed by atoms with E-state index >= 15 is 0 Å². The second kappa shape index (κ2) is 5.92. The van der Waals surface area contributed by atoms with Gasteiger partial charge in [0.05, 0.1) is 12.2 Å². The zero-order valence-electron chi connectivity index (χ0n) is 10.2. The number of halogens is 3. The van der Waals surface area contributed by atoms with Crippen LogP contribution in [0.15, 0.2) is 18.2 Å². The maximum absolute atomic E-state index is 12.8. The van der Waals surface area contributed by atoms with E-state index < -0.39 is 30.2 Å². The van der Waals surface area contributed by atoms with Gasteiger partial charge in [0.25, 0.3) is 0 Å². The SMILES string of the molecule is CCOc1ccc(C(F)(F)F)c(C[C@H](N)C(=O)O)c1. The average Bonchev–Trinajstić information content (AvgIpc) is 2.27. The van der Waals surface area contributed by atoms with Crippen molar-refractivity contribution in [2.75, 3.05) is 6.61 Å². The minimum absolute atomic E-state index is 0.187. The highest BCUT2D eigenvalue weighted by atomic mass is 19.4. The smallest absolute Gasteiger partial charge is 0.416 e. The zero-order chi connectivity index (χ0) is 14.6. The lowest BCUT2D eigenvalue weighted by Gasteiger charge is -2.16. The summed E-state index contributed by atoms with van der Waals surface area (Å²) in [7, 11) is 0. The van der Waals surface area contributed by atoms with Crippen molar-refractivity contribution in [3.8, 4) is 5.75 Å². The first-order chi connectivity index (χ1) is 8.75. The Balaban J connectivity index is 3.14. The van der Waals surface area contributed by atoms with Gasteiger partial charge in [0.2, 0.25) is 0 Å². The van der Waals surface area contributed by atoms with E-state index in [4.69, 9.17) is 15.6 Å². The van der Waals surface area contributed by atoms with Crippen molar-refractivity contribution in [3.05, 3.63) is 29.3 Å². The number of rotatable bonds is 5. The Hall–Kier alpha value is -1.76. The maximum Gasteiger partial charge on any atom is 0.416 e. The van der Waals surface area contributed by atoms with Crippen molar-refractivity contribution in [2.45, 2.75) is 25.6 Å². The monoisotopic (exact) mass is 277 g/mol. The third-order valence-corrected chi connectivity index (χ3v) is 2.45. The van der Waals surface area contributed by atoms with E-state index in [1.807, 2.05) is 0 Å². The fraction of sp³-hybridized carbons (Fsp3) is 0.417. The number of carboxylic acids is 1. The van der Waals surface area contributed by atoms with Gasteiger partial charge < -0.3 is 15.6 Å². The summed E-state index contributed by atoms with van der Waals surface area (Å²) in [6.45, 7) is 2.00. The molecule has 0 aliphatic carbocycles. The molecule has 0 unspecified atom stereocenters. The summed E-state index contributed by atoms with van der Waals surface area (Å²) < 4.78 is 43.5. The number of ether oxygens (including phenoxy) is 1. The topological polar surface area (TPSA) is 72.5 Å². The molecule has 0 bridgehead atoms. The first kappa shape index (κ1) is 15.3. The van der Waals surface area contributed by atoms with Gasteiger partial charge in [-0.2, -0.15) is 13.2 Å². The summed E-state index contributed by atoms with van der Waals surface area (Å²) in [5.74, 6) is -1.10. The van der Waals surface area contributed by atoms with Crippen molar-refractivity contribution >= 4 is 5.97 Å². The summed E-state index contributed by atoms with van der Waals surface area (Å²) in [6, 6.07) is 1.85. The number of carboxylic acid groups (broad SMARTS) is 1. The number of nitrogens with two attached hydrogens (primary N) is 1. The van der Waals surface area contributed by atoms with Crippen LogP contribution in [0, 0.1) is 0 Å². The van der Waals surface area contributed by atoms with E-state index in [-0.39, 0.29) is 11.3 Å². The van der Waals surface area contributed by atoms with Crippen molar-refractivity contribution in [1.82, 2.24) is 0 Å². The van der Waals surface area contributed by atoms with Crippen LogP contribution in [0.3, 0.4) is 0 Å². The molecule has 0 radical (unpaired) electrons. The molecule has 7 heteroatoms. The third kappa shape index (κ3) is 4.13. The molecule has 0 aromatic heterocycles. The molecule has 0 saturated carbocycles. The van der Waals surface area contributed by atoms with Crippen LogP contribution in [0.5, 0.6) is 5.75 Å². The van der Waals surface area contributed by atoms with Crippen LogP contribution < -0.4 is 10.5 Å². The lowest BCUT2D eigenvalue weighted by molar-refractivity contribution is -0.140. The molecule has 1 aromatic rings. The predicted molar refractivity (Wildman–Crippen MR) is 61.9 cm³/mol. The highest BCUT2D eigenvalue weighted by Crippen LogP contribution is 2.34. The number of carbonyl (C=O) groups is 1. The van der Waals surface area contributed by atoms with Gasteiger partial charge in [0.15, 0.2) is 0 Å². The first-order valence-electron chi connectivity index (χ1n) is 5.57. The van der Waals surface area contributed by atoms with Crippen LogP contribution in [-0.2, 0) is 17.4 Å². The van der Waals surface area contributed by atoms with E-state index in [2.05, 4.69) is 0 Å². The van der Waals surface area contributed by atoms with Crippen molar-refractivity contribution in [1.29, 1.82) is 0 Å². The van der Waals surface area contributed by atoms with Gasteiger partial charge in [-0.05, 0) is 37.1 Å². The van der Waals surface area contributed by atoms with Gasteiger partial charge in [0.1, 0.15) is 11.8 Å². The number of hydrogen-bond acceptors (Lipinski definition) is 3.